The van der Waals surface area contributed by atoms with Crippen LogP contribution in [0.3, 0.4) is 0 Å². The number of nitrogens with one attached hydrogen (secondary N) is 1. The summed E-state index contributed by atoms with van der Waals surface area (Å²) < 4.78 is 42.6. The molecule has 0 saturated heterocycles. The average Bonchev–Trinajstić information content (AvgIpc) is 3.92. The number of amides is 1. The molecule has 2 N–H and O–H groups in total. The van der Waals surface area contributed by atoms with Gasteiger partial charge in [-0.1, -0.05) is 49.2 Å². The monoisotopic (exact) mass is 712 g/mol. The second-order valence-electron chi connectivity index (χ2n) is 16.3. The fourth-order valence-electron chi connectivity index (χ4n) is 9.60. The lowest BCUT2D eigenvalue weighted by molar-refractivity contribution is -0.101. The van der Waals surface area contributed by atoms with E-state index in [1.165, 1.54) is 5.57 Å². The fraction of sp³-hybridized carbons (Fsp3) is 0.667. The van der Waals surface area contributed by atoms with Crippen LogP contribution < -0.4 is 14.4 Å². The summed E-state index contributed by atoms with van der Waals surface area (Å²) in [5.41, 5.74) is 1.48. The van der Waals surface area contributed by atoms with Gasteiger partial charge in [0.15, 0.2) is 0 Å². The van der Waals surface area contributed by atoms with Crippen LogP contribution in [0.5, 0.6) is 5.75 Å². The number of anilines is 1. The van der Waals surface area contributed by atoms with E-state index in [0.29, 0.717) is 36.7 Å². The highest BCUT2D eigenvalue weighted by molar-refractivity contribution is 7.90. The lowest BCUT2D eigenvalue weighted by Gasteiger charge is -2.56. The smallest absolute Gasteiger partial charge is 0.264 e. The summed E-state index contributed by atoms with van der Waals surface area (Å²) in [4.78, 5) is 16.0. The number of rotatable bonds is 4. The SMILES string of the molecule is CO[C@@]1(C[C@@H](O)C2CC2)/C=C/C[C@H](C)[C@@H](C)S(=O)(=O)NC(=O)c2ccc3c(c2)N(C[C@@H]2CC[C@H]21)C[C@@]1(CCCC2=CC(Cl)=CCC21C)CO3. The maximum absolute atomic E-state index is 13.6. The van der Waals surface area contributed by atoms with E-state index < -0.39 is 32.9 Å². The molecule has 1 unspecified atom stereocenters. The third-order valence-corrected chi connectivity index (χ3v) is 15.7. The lowest BCUT2D eigenvalue weighted by Crippen LogP contribution is -2.56. The van der Waals surface area contributed by atoms with Gasteiger partial charge >= 0.3 is 0 Å². The minimum Gasteiger partial charge on any atom is -0.491 e. The Labute approximate surface area is 297 Å². The van der Waals surface area contributed by atoms with Gasteiger partial charge in [-0.15, -0.1) is 0 Å². The van der Waals surface area contributed by atoms with E-state index >= 15 is 0 Å². The number of halogens is 1. The molecular weight excluding hydrogens is 660 g/mol. The van der Waals surface area contributed by atoms with Gasteiger partial charge in [-0.2, -0.15) is 0 Å². The van der Waals surface area contributed by atoms with Gasteiger partial charge in [0.05, 0.1) is 29.2 Å². The molecule has 6 aliphatic rings. The van der Waals surface area contributed by atoms with Crippen molar-refractivity contribution >= 4 is 33.2 Å². The zero-order valence-electron chi connectivity index (χ0n) is 29.4. The van der Waals surface area contributed by atoms with Crippen LogP contribution in [0.4, 0.5) is 5.69 Å². The maximum atomic E-state index is 13.6. The number of ether oxygens (including phenoxy) is 2. The van der Waals surface area contributed by atoms with E-state index in [1.54, 1.807) is 20.1 Å². The topological polar surface area (TPSA) is 105 Å². The summed E-state index contributed by atoms with van der Waals surface area (Å²) >= 11 is 6.56. The molecule has 10 heteroatoms. The molecule has 1 spiro atoms. The first-order valence-electron chi connectivity index (χ1n) is 18.4. The van der Waals surface area contributed by atoms with Crippen molar-refractivity contribution in [1.29, 1.82) is 0 Å². The van der Waals surface area contributed by atoms with Crippen LogP contribution in [0.1, 0.15) is 95.3 Å². The van der Waals surface area contributed by atoms with Crippen LogP contribution in [0.15, 0.2) is 53.1 Å². The van der Waals surface area contributed by atoms with Gasteiger partial charge in [-0.25, -0.2) is 13.1 Å². The number of aliphatic hydroxyl groups excluding tert-OH is 1. The van der Waals surface area contributed by atoms with Gasteiger partial charge < -0.3 is 19.5 Å². The van der Waals surface area contributed by atoms with Crippen LogP contribution in [0.25, 0.3) is 0 Å². The minimum absolute atomic E-state index is 0.144. The van der Waals surface area contributed by atoms with Gasteiger partial charge in [0.25, 0.3) is 5.91 Å². The predicted molar refractivity (Wildman–Crippen MR) is 193 cm³/mol. The van der Waals surface area contributed by atoms with E-state index in [0.717, 1.165) is 75.2 Å². The molecule has 0 aromatic heterocycles. The Balaban J connectivity index is 1.32. The van der Waals surface area contributed by atoms with Crippen LogP contribution in [-0.2, 0) is 14.8 Å². The normalized spacial score (nSPS) is 38.7. The summed E-state index contributed by atoms with van der Waals surface area (Å²) in [6.07, 6.45) is 17.1. The first-order valence-corrected chi connectivity index (χ1v) is 20.3. The third-order valence-electron chi connectivity index (χ3n) is 13.6. The molecule has 4 aliphatic carbocycles. The van der Waals surface area contributed by atoms with E-state index in [1.807, 2.05) is 19.1 Å². The van der Waals surface area contributed by atoms with E-state index in [-0.39, 0.29) is 28.6 Å². The fourth-order valence-corrected chi connectivity index (χ4v) is 11.1. The summed E-state index contributed by atoms with van der Waals surface area (Å²) in [6, 6.07) is 5.34. The molecule has 1 aromatic carbocycles. The lowest BCUT2D eigenvalue weighted by atomic mass is 9.52. The Morgan fingerprint density at radius 2 is 2.00 bits per heavy atom. The van der Waals surface area contributed by atoms with Gasteiger partial charge in [0.2, 0.25) is 10.0 Å². The number of nitrogens with zero attached hydrogens (tertiary/aromatic N) is 1. The number of carbonyl (C=O) groups is 1. The number of methoxy groups -OCH3 is 1. The van der Waals surface area contributed by atoms with Gasteiger partial charge in [0.1, 0.15) is 5.75 Å². The molecule has 49 heavy (non-hydrogen) atoms. The number of aliphatic hydroxyl groups is 1. The quantitative estimate of drug-likeness (QED) is 0.320. The predicted octanol–water partition coefficient (Wildman–Crippen LogP) is 7.13. The van der Waals surface area contributed by atoms with Crippen molar-refractivity contribution < 1.29 is 27.8 Å². The summed E-state index contributed by atoms with van der Waals surface area (Å²) in [5, 5.41) is 11.3. The Morgan fingerprint density at radius 1 is 1.20 bits per heavy atom. The Hall–Kier alpha value is -2.33. The standard InChI is InChI=1S/C39H53ClN2O6S/c1-25-7-5-17-39(47-4,21-34(43)27-9-10-27)32-13-11-29(32)22-42-23-38(16-6-8-30-20-31(40)15-18-37(30,38)3)24-48-35-14-12-28(19-33(35)42)36(44)41-49(45,46)26(25)2/h5,12,14-15,17,19-20,25-27,29,32,34,43H,6-11,13,16,18,21-24H2,1-4H3,(H,41,44)/b17-5+/t25-,26+,29-,32+,34+,37?,38-,39+/m0/s1. The molecule has 0 radical (unpaired) electrons. The number of benzene rings is 1. The third kappa shape index (κ3) is 6.29. The van der Waals surface area contributed by atoms with Crippen molar-refractivity contribution in [3.8, 4) is 5.75 Å². The Morgan fingerprint density at radius 3 is 2.71 bits per heavy atom. The van der Waals surface area contributed by atoms with Crippen molar-refractivity contribution in [2.45, 2.75) is 102 Å². The zero-order chi connectivity index (χ0) is 34.8. The van der Waals surface area contributed by atoms with Crippen molar-refractivity contribution in [2.75, 3.05) is 31.7 Å². The van der Waals surface area contributed by atoms with Crippen molar-refractivity contribution in [3.05, 3.63) is 58.7 Å². The van der Waals surface area contributed by atoms with E-state index in [9.17, 15) is 18.3 Å². The zero-order valence-corrected chi connectivity index (χ0v) is 31.0. The molecule has 7 rings (SSSR count). The first kappa shape index (κ1) is 35.1. The van der Waals surface area contributed by atoms with Gasteiger partial charge in [-0.05, 0) is 113 Å². The number of carbonyl (C=O) groups excluding carboxylic acids is 1. The molecule has 2 bridgehead atoms. The number of hydrogen-bond donors (Lipinski definition) is 2. The highest BCUT2D eigenvalue weighted by Gasteiger charge is 2.56. The Kier molecular flexibility index (Phi) is 9.32. The first-order chi connectivity index (χ1) is 23.3. The average molecular weight is 713 g/mol. The molecule has 1 aromatic rings. The van der Waals surface area contributed by atoms with Crippen LogP contribution in [0.2, 0.25) is 0 Å². The van der Waals surface area contributed by atoms with Gasteiger partial charge in [0, 0.05) is 48.0 Å². The molecule has 3 fully saturated rings. The molecular formula is C39H53ClN2O6S. The molecule has 8 nitrogen and oxygen atoms in total. The summed E-state index contributed by atoms with van der Waals surface area (Å²) in [7, 11) is -2.20. The molecule has 268 valence electrons. The summed E-state index contributed by atoms with van der Waals surface area (Å²) in [6.45, 7) is 7.94. The van der Waals surface area contributed by atoms with Crippen molar-refractivity contribution in [2.24, 2.45) is 34.5 Å². The molecule has 3 saturated carbocycles. The van der Waals surface area contributed by atoms with Crippen LogP contribution in [0, 0.1) is 34.5 Å². The number of hydrogen-bond acceptors (Lipinski definition) is 7. The largest absolute Gasteiger partial charge is 0.491 e. The number of sulfonamides is 1. The number of allylic oxidation sites excluding steroid dienone is 5. The van der Waals surface area contributed by atoms with Crippen molar-refractivity contribution in [1.82, 2.24) is 4.72 Å². The minimum atomic E-state index is -3.96. The van der Waals surface area contributed by atoms with Crippen LogP contribution >= 0.6 is 11.6 Å². The highest BCUT2D eigenvalue weighted by Crippen LogP contribution is 2.60. The molecule has 1 amide bonds. The maximum Gasteiger partial charge on any atom is 0.264 e. The van der Waals surface area contributed by atoms with Gasteiger partial charge in [-0.3, -0.25) is 4.79 Å². The molecule has 8 atom stereocenters. The van der Waals surface area contributed by atoms with E-state index in [4.69, 9.17) is 21.1 Å². The second-order valence-corrected chi connectivity index (χ2v) is 18.8. The Bertz CT molecular complexity index is 1670. The number of fused-ring (bicyclic) bond motifs is 4. The second kappa shape index (κ2) is 13.0. The molecule has 2 aliphatic heterocycles. The van der Waals surface area contributed by atoms with E-state index in [2.05, 4.69) is 40.8 Å². The van der Waals surface area contributed by atoms with Crippen LogP contribution in [-0.4, -0.2) is 63.2 Å². The van der Waals surface area contributed by atoms with Crippen molar-refractivity contribution in [3.63, 3.8) is 0 Å². The summed E-state index contributed by atoms with van der Waals surface area (Å²) in [5.74, 6) is 0.610. The molecule has 2 heterocycles. The highest BCUT2D eigenvalue weighted by atomic mass is 35.5.